The summed E-state index contributed by atoms with van der Waals surface area (Å²) in [6, 6.07) is 13.7. The molecule has 1 heterocycles. The molecule has 2 unspecified atom stereocenters. The Hall–Kier alpha value is -2.13. The zero-order valence-corrected chi connectivity index (χ0v) is 25.2. The third kappa shape index (κ3) is 5.45. The normalized spacial score (nSPS) is 28.3. The molecule has 1 N–H and O–H groups in total. The zero-order valence-electron chi connectivity index (χ0n) is 22.9. The van der Waals surface area contributed by atoms with E-state index in [1.165, 1.54) is 7.11 Å². The van der Waals surface area contributed by atoms with E-state index in [0.717, 1.165) is 11.1 Å². The summed E-state index contributed by atoms with van der Waals surface area (Å²) in [5.41, 5.74) is -1.37. The molecular weight excluding hydrogens is 559 g/mol. The average Bonchev–Trinajstić information content (AvgIpc) is 3.74. The van der Waals surface area contributed by atoms with Crippen molar-refractivity contribution in [2.75, 3.05) is 7.11 Å². The van der Waals surface area contributed by atoms with Crippen molar-refractivity contribution in [3.63, 3.8) is 0 Å². The van der Waals surface area contributed by atoms with Gasteiger partial charge in [-0.2, -0.15) is 0 Å². The second-order valence-corrected chi connectivity index (χ2v) is 14.0. The molecule has 1 saturated carbocycles. The van der Waals surface area contributed by atoms with E-state index in [1.807, 2.05) is 49.1 Å². The van der Waals surface area contributed by atoms with Gasteiger partial charge in [-0.15, -0.1) is 0 Å². The van der Waals surface area contributed by atoms with Crippen LogP contribution in [0.15, 0.2) is 48.5 Å². The van der Waals surface area contributed by atoms with Crippen LogP contribution in [0.1, 0.15) is 76.5 Å². The molecule has 2 aromatic rings. The summed E-state index contributed by atoms with van der Waals surface area (Å²) in [6.45, 7) is 7.38. The molecule has 2 aliphatic rings. The molecule has 0 radical (unpaired) electrons. The van der Waals surface area contributed by atoms with Crippen molar-refractivity contribution < 1.29 is 22.7 Å². The second kappa shape index (κ2) is 11.0. The fourth-order valence-electron chi connectivity index (χ4n) is 5.91. The number of methoxy groups -OCH3 is 1. The summed E-state index contributed by atoms with van der Waals surface area (Å²) in [4.78, 5) is 29.4. The summed E-state index contributed by atoms with van der Waals surface area (Å²) in [5, 5.41) is 0.493. The molecule has 1 aliphatic carbocycles. The minimum atomic E-state index is -3.82. The van der Waals surface area contributed by atoms with Crippen LogP contribution in [-0.4, -0.2) is 49.1 Å². The van der Waals surface area contributed by atoms with Crippen LogP contribution in [-0.2, 0) is 24.3 Å². The van der Waals surface area contributed by atoms with E-state index < -0.39 is 44.2 Å². The lowest BCUT2D eigenvalue weighted by molar-refractivity contribution is -0.170. The summed E-state index contributed by atoms with van der Waals surface area (Å²) in [5.74, 6) is -1.53. The fraction of sp³-hybridized carbons (Fsp3) is 0.517. The first-order chi connectivity index (χ1) is 18.3. The van der Waals surface area contributed by atoms with E-state index in [4.69, 9.17) is 27.9 Å². The summed E-state index contributed by atoms with van der Waals surface area (Å²) in [7, 11) is -2.55. The fourth-order valence-corrected chi connectivity index (χ4v) is 8.10. The van der Waals surface area contributed by atoms with Gasteiger partial charge in [0.05, 0.1) is 35.8 Å². The van der Waals surface area contributed by atoms with Gasteiger partial charge in [-0.1, -0.05) is 54.4 Å². The quantitative estimate of drug-likeness (QED) is 0.366. The maximum atomic E-state index is 14.7. The maximum absolute atomic E-state index is 14.7. The molecule has 0 spiro atoms. The van der Waals surface area contributed by atoms with Gasteiger partial charge in [-0.05, 0) is 75.4 Å². The Bertz CT molecular complexity index is 1350. The van der Waals surface area contributed by atoms with E-state index in [1.54, 1.807) is 32.0 Å². The van der Waals surface area contributed by atoms with Gasteiger partial charge in [0.2, 0.25) is 15.9 Å². The zero-order chi connectivity index (χ0) is 28.8. The number of hydrogen-bond acceptors (Lipinski definition) is 5. The Morgan fingerprint density at radius 3 is 2.28 bits per heavy atom. The number of benzene rings is 2. The number of rotatable bonds is 9. The standard InChI is InChI=1S/C29H36Cl2N2O5S/c1-6-18(2)33-26(19-10-12-21(30)13-11-19)25(20-8-7-9-22(31)16-20)29(4,32-39(36,37)23-14-15-23)28(3,27(33)35)17-24(34)38-5/h7-13,16,18,23,25-26,32H,6,14-15,17H2,1-5H3/t18?,25-,26-,28+,29?/m1/s1. The van der Waals surface area contributed by atoms with Crippen LogP contribution in [0.2, 0.25) is 10.0 Å². The molecule has 39 heavy (non-hydrogen) atoms. The van der Waals surface area contributed by atoms with Crippen molar-refractivity contribution in [2.24, 2.45) is 5.41 Å². The number of nitrogens with one attached hydrogen (secondary N) is 1. The number of piperidine rings is 1. The maximum Gasteiger partial charge on any atom is 0.306 e. The van der Waals surface area contributed by atoms with E-state index in [2.05, 4.69) is 4.72 Å². The predicted octanol–water partition coefficient (Wildman–Crippen LogP) is 5.87. The Morgan fingerprint density at radius 1 is 1.10 bits per heavy atom. The number of carbonyl (C=O) groups is 2. The smallest absolute Gasteiger partial charge is 0.306 e. The number of esters is 1. The first-order valence-corrected chi connectivity index (χ1v) is 15.5. The largest absolute Gasteiger partial charge is 0.469 e. The molecule has 2 fully saturated rings. The van der Waals surface area contributed by atoms with Gasteiger partial charge in [0, 0.05) is 22.0 Å². The molecule has 4 rings (SSSR count). The van der Waals surface area contributed by atoms with E-state index in [9.17, 15) is 18.0 Å². The Kier molecular flexibility index (Phi) is 8.44. The van der Waals surface area contributed by atoms with Crippen LogP contribution in [0, 0.1) is 5.41 Å². The van der Waals surface area contributed by atoms with Crippen molar-refractivity contribution in [3.8, 4) is 0 Å². The van der Waals surface area contributed by atoms with Crippen LogP contribution >= 0.6 is 23.2 Å². The van der Waals surface area contributed by atoms with Crippen LogP contribution < -0.4 is 4.72 Å². The van der Waals surface area contributed by atoms with Gasteiger partial charge in [0.15, 0.2) is 0 Å². The Labute approximate surface area is 241 Å². The lowest BCUT2D eigenvalue weighted by Crippen LogP contribution is -2.72. The highest BCUT2D eigenvalue weighted by Crippen LogP contribution is 2.58. The van der Waals surface area contributed by atoms with E-state index in [-0.39, 0.29) is 18.4 Å². The van der Waals surface area contributed by atoms with E-state index in [0.29, 0.717) is 29.3 Å². The van der Waals surface area contributed by atoms with Crippen LogP contribution in [0.25, 0.3) is 0 Å². The van der Waals surface area contributed by atoms with Crippen LogP contribution in [0.4, 0.5) is 0 Å². The number of carbonyl (C=O) groups excluding carboxylic acids is 2. The van der Waals surface area contributed by atoms with Crippen molar-refractivity contribution in [2.45, 2.75) is 82.2 Å². The van der Waals surface area contributed by atoms with Gasteiger partial charge in [0.1, 0.15) is 0 Å². The number of sulfonamides is 1. The first-order valence-electron chi connectivity index (χ1n) is 13.2. The van der Waals surface area contributed by atoms with Crippen LogP contribution in [0.3, 0.4) is 0 Å². The van der Waals surface area contributed by atoms with E-state index >= 15 is 0 Å². The molecule has 10 heteroatoms. The molecule has 5 atom stereocenters. The summed E-state index contributed by atoms with van der Waals surface area (Å²) in [6.07, 6.45) is 1.45. The molecule has 2 aromatic carbocycles. The van der Waals surface area contributed by atoms with Gasteiger partial charge in [-0.3, -0.25) is 9.59 Å². The highest BCUT2D eigenvalue weighted by atomic mass is 35.5. The molecule has 1 saturated heterocycles. The number of ether oxygens (including phenoxy) is 1. The number of amides is 1. The summed E-state index contributed by atoms with van der Waals surface area (Å²) >= 11 is 12.7. The van der Waals surface area contributed by atoms with Gasteiger partial charge in [-0.25, -0.2) is 13.1 Å². The molecule has 1 amide bonds. The molecule has 212 valence electrons. The molecule has 7 nitrogen and oxygen atoms in total. The second-order valence-electron chi connectivity index (χ2n) is 11.1. The number of hydrogen-bond donors (Lipinski definition) is 1. The average molecular weight is 596 g/mol. The Balaban J connectivity index is 2.07. The number of halogens is 2. The van der Waals surface area contributed by atoms with Gasteiger partial charge < -0.3 is 9.64 Å². The third-order valence-corrected chi connectivity index (χ3v) is 11.2. The Morgan fingerprint density at radius 2 is 1.74 bits per heavy atom. The number of likely N-dealkylation sites (tertiary alicyclic amines) is 1. The highest BCUT2D eigenvalue weighted by molar-refractivity contribution is 7.90. The predicted molar refractivity (Wildman–Crippen MR) is 153 cm³/mol. The SMILES string of the molecule is CCC(C)N1C(=O)[C@](C)(CC(=O)OC)C(C)(NS(=O)(=O)C2CC2)[C@H](c2cccc(Cl)c2)[C@H]1c1ccc(Cl)cc1. The molecule has 0 bridgehead atoms. The minimum Gasteiger partial charge on any atom is -0.469 e. The minimum absolute atomic E-state index is 0.221. The lowest BCUT2D eigenvalue weighted by Gasteiger charge is -2.60. The number of nitrogens with zero attached hydrogens (tertiary/aromatic N) is 1. The molecular formula is C29H36Cl2N2O5S. The summed E-state index contributed by atoms with van der Waals surface area (Å²) < 4.78 is 35.3. The van der Waals surface area contributed by atoms with Crippen molar-refractivity contribution >= 4 is 45.1 Å². The van der Waals surface area contributed by atoms with Crippen molar-refractivity contribution in [3.05, 3.63) is 69.7 Å². The van der Waals surface area contributed by atoms with Crippen molar-refractivity contribution in [1.29, 1.82) is 0 Å². The third-order valence-electron chi connectivity index (χ3n) is 8.62. The molecule has 0 aromatic heterocycles. The topological polar surface area (TPSA) is 92.8 Å². The molecule has 1 aliphatic heterocycles. The monoisotopic (exact) mass is 594 g/mol. The highest BCUT2D eigenvalue weighted by Gasteiger charge is 2.66. The lowest BCUT2D eigenvalue weighted by atomic mass is 9.55. The van der Waals surface area contributed by atoms with Gasteiger partial charge >= 0.3 is 5.97 Å². The van der Waals surface area contributed by atoms with Crippen molar-refractivity contribution in [1.82, 2.24) is 9.62 Å². The first kappa shape index (κ1) is 29.8. The van der Waals surface area contributed by atoms with Crippen LogP contribution in [0.5, 0.6) is 0 Å². The van der Waals surface area contributed by atoms with Gasteiger partial charge in [0.25, 0.3) is 0 Å².